The van der Waals surface area contributed by atoms with Crippen molar-refractivity contribution in [3.05, 3.63) is 107 Å². The molecule has 2 saturated carbocycles. The average molecular weight is 513 g/mol. The number of carbonyl (C=O) groups is 1. The van der Waals surface area contributed by atoms with E-state index in [1.165, 1.54) is 64.2 Å². The third-order valence-electron chi connectivity index (χ3n) is 8.09. The number of carboxylic acids is 1. The van der Waals surface area contributed by atoms with E-state index in [1.807, 2.05) is 91.9 Å². The molecule has 0 amide bonds. The number of aryl methyl sites for hydroxylation is 1. The summed E-state index contributed by atoms with van der Waals surface area (Å²) in [6, 6.07) is 28.6. The van der Waals surface area contributed by atoms with Gasteiger partial charge in [-0.15, -0.1) is 0 Å². The number of hydrogen-bond donors (Lipinski definition) is 3. The van der Waals surface area contributed by atoms with E-state index in [4.69, 9.17) is 0 Å². The van der Waals surface area contributed by atoms with E-state index in [-0.39, 0.29) is 0 Å². The van der Waals surface area contributed by atoms with Crippen molar-refractivity contribution in [3.8, 4) is 0 Å². The van der Waals surface area contributed by atoms with E-state index in [0.29, 0.717) is 17.7 Å². The van der Waals surface area contributed by atoms with Gasteiger partial charge in [0.2, 0.25) is 0 Å². The number of carboxylic acid groups (broad SMARTS) is 1. The minimum Gasteiger partial charge on any atom is -0.479 e. The Morgan fingerprint density at radius 3 is 1.68 bits per heavy atom. The van der Waals surface area contributed by atoms with E-state index in [1.54, 1.807) is 0 Å². The van der Waals surface area contributed by atoms with E-state index in [2.05, 4.69) is 10.6 Å². The van der Waals surface area contributed by atoms with Crippen molar-refractivity contribution in [1.82, 2.24) is 10.6 Å². The number of aliphatic carboxylic acids is 1. The molecule has 202 valence electrons. The number of rotatable bonds is 8. The van der Waals surface area contributed by atoms with Crippen molar-refractivity contribution in [2.75, 3.05) is 0 Å². The van der Waals surface area contributed by atoms with E-state index in [0.717, 1.165) is 23.2 Å². The molecule has 38 heavy (non-hydrogen) atoms. The van der Waals surface area contributed by atoms with Crippen LogP contribution in [0.3, 0.4) is 0 Å². The highest BCUT2D eigenvalue weighted by Gasteiger charge is 2.41. The van der Waals surface area contributed by atoms with Gasteiger partial charge in [0.15, 0.2) is 5.54 Å². The molecule has 3 N–H and O–H groups in total. The van der Waals surface area contributed by atoms with Gasteiger partial charge >= 0.3 is 5.97 Å². The van der Waals surface area contributed by atoms with Gasteiger partial charge in [-0.3, -0.25) is 5.32 Å². The molecular formula is C34H44N2O2. The predicted molar refractivity (Wildman–Crippen MR) is 156 cm³/mol. The van der Waals surface area contributed by atoms with Crippen LogP contribution in [0.4, 0.5) is 0 Å². The molecule has 5 rings (SSSR count). The smallest absolute Gasteiger partial charge is 0.333 e. The van der Waals surface area contributed by atoms with Gasteiger partial charge in [0.1, 0.15) is 0 Å². The second-order valence-corrected chi connectivity index (χ2v) is 11.0. The van der Waals surface area contributed by atoms with Gasteiger partial charge in [-0.25, -0.2) is 4.79 Å². The molecule has 3 aromatic carbocycles. The standard InChI is InChI=1S/C22H21NO2.C12H23N/c1-17-12-14-20(15-13-17)22(21(24)25,19-10-6-3-7-11-19)23-16-18-8-4-2-5-9-18;1-3-7-11(8-4-1)13-12-9-5-2-6-10-12/h2-15,23H,16H2,1H3,(H,24,25);11-13H,1-10H2. The summed E-state index contributed by atoms with van der Waals surface area (Å²) in [5, 5.41) is 17.4. The highest BCUT2D eigenvalue weighted by molar-refractivity contribution is 5.85. The van der Waals surface area contributed by atoms with Gasteiger partial charge < -0.3 is 10.4 Å². The van der Waals surface area contributed by atoms with Crippen LogP contribution in [0.1, 0.15) is 86.5 Å². The molecule has 2 fully saturated rings. The normalized spacial score (nSPS) is 18.1. The largest absolute Gasteiger partial charge is 0.479 e. The van der Waals surface area contributed by atoms with Crippen LogP contribution in [0.25, 0.3) is 0 Å². The topological polar surface area (TPSA) is 61.4 Å². The van der Waals surface area contributed by atoms with Crippen molar-refractivity contribution >= 4 is 5.97 Å². The van der Waals surface area contributed by atoms with Gasteiger partial charge in [-0.05, 0) is 49.3 Å². The summed E-state index contributed by atoms with van der Waals surface area (Å²) in [4.78, 5) is 12.5. The lowest BCUT2D eigenvalue weighted by molar-refractivity contribution is -0.143. The van der Waals surface area contributed by atoms with Crippen LogP contribution in [0.15, 0.2) is 84.9 Å². The zero-order valence-corrected chi connectivity index (χ0v) is 22.9. The molecule has 0 aliphatic heterocycles. The maximum Gasteiger partial charge on any atom is 0.333 e. The average Bonchev–Trinajstić information content (AvgIpc) is 2.97. The summed E-state index contributed by atoms with van der Waals surface area (Å²) in [6.45, 7) is 2.45. The Balaban J connectivity index is 0.000000216. The fourth-order valence-electron chi connectivity index (χ4n) is 5.89. The zero-order valence-electron chi connectivity index (χ0n) is 22.9. The second kappa shape index (κ2) is 14.3. The Hall–Kier alpha value is -2.95. The molecule has 2 aliphatic carbocycles. The third-order valence-corrected chi connectivity index (χ3v) is 8.09. The molecular weight excluding hydrogens is 468 g/mol. The summed E-state index contributed by atoms with van der Waals surface area (Å²) in [5.74, 6) is -0.918. The molecule has 0 heterocycles. The molecule has 4 heteroatoms. The molecule has 1 atom stereocenters. The predicted octanol–water partition coefficient (Wildman–Crippen LogP) is 7.35. The Kier molecular flexibility index (Phi) is 10.5. The van der Waals surface area contributed by atoms with Gasteiger partial charge in [-0.1, -0.05) is 129 Å². The highest BCUT2D eigenvalue weighted by atomic mass is 16.4. The summed E-state index contributed by atoms with van der Waals surface area (Å²) in [6.07, 6.45) is 14.6. The Labute approximate surface area is 228 Å². The first kappa shape index (κ1) is 28.1. The number of hydrogen-bond acceptors (Lipinski definition) is 3. The van der Waals surface area contributed by atoms with Crippen molar-refractivity contribution in [1.29, 1.82) is 0 Å². The van der Waals surface area contributed by atoms with Crippen molar-refractivity contribution in [3.63, 3.8) is 0 Å². The lowest BCUT2D eigenvalue weighted by Crippen LogP contribution is -2.49. The molecule has 0 saturated heterocycles. The lowest BCUT2D eigenvalue weighted by atomic mass is 9.82. The molecule has 4 nitrogen and oxygen atoms in total. The molecule has 0 aromatic heterocycles. The minimum atomic E-state index is -1.30. The SMILES string of the molecule is C1CCC(NC2CCCCC2)CC1.Cc1ccc(C(NCc2ccccc2)(C(=O)O)c2ccccc2)cc1. The first-order valence-corrected chi connectivity index (χ1v) is 14.5. The van der Waals surface area contributed by atoms with Crippen molar-refractivity contribution in [2.24, 2.45) is 0 Å². The molecule has 3 aromatic rings. The van der Waals surface area contributed by atoms with Gasteiger partial charge in [0, 0.05) is 18.6 Å². The van der Waals surface area contributed by atoms with Gasteiger partial charge in [-0.2, -0.15) is 0 Å². The van der Waals surface area contributed by atoms with E-state index < -0.39 is 11.5 Å². The van der Waals surface area contributed by atoms with E-state index in [9.17, 15) is 9.90 Å². The monoisotopic (exact) mass is 512 g/mol. The maximum atomic E-state index is 12.5. The fourth-order valence-corrected chi connectivity index (χ4v) is 5.89. The van der Waals surface area contributed by atoms with Gasteiger partial charge in [0.25, 0.3) is 0 Å². The van der Waals surface area contributed by atoms with Crippen LogP contribution in [0, 0.1) is 6.92 Å². The van der Waals surface area contributed by atoms with Crippen LogP contribution in [0.5, 0.6) is 0 Å². The third kappa shape index (κ3) is 7.55. The van der Waals surface area contributed by atoms with Crippen LogP contribution in [0.2, 0.25) is 0 Å². The fraction of sp³-hybridized carbons (Fsp3) is 0.441. The Morgan fingerprint density at radius 1 is 0.711 bits per heavy atom. The lowest BCUT2D eigenvalue weighted by Gasteiger charge is -2.32. The van der Waals surface area contributed by atoms with Crippen LogP contribution in [-0.2, 0) is 16.9 Å². The second-order valence-electron chi connectivity index (χ2n) is 11.0. The molecule has 0 radical (unpaired) electrons. The van der Waals surface area contributed by atoms with Crippen molar-refractivity contribution in [2.45, 2.75) is 95.3 Å². The van der Waals surface area contributed by atoms with Crippen LogP contribution in [-0.4, -0.2) is 23.2 Å². The molecule has 2 aliphatic rings. The summed E-state index contributed by atoms with van der Waals surface area (Å²) in [7, 11) is 0. The summed E-state index contributed by atoms with van der Waals surface area (Å²) in [5.41, 5.74) is 2.26. The maximum absolute atomic E-state index is 12.5. The first-order chi connectivity index (χ1) is 18.6. The van der Waals surface area contributed by atoms with E-state index >= 15 is 0 Å². The molecule has 1 unspecified atom stereocenters. The van der Waals surface area contributed by atoms with Crippen LogP contribution >= 0.6 is 0 Å². The van der Waals surface area contributed by atoms with Gasteiger partial charge in [0.05, 0.1) is 0 Å². The molecule has 0 bridgehead atoms. The molecule has 0 spiro atoms. The number of nitrogens with one attached hydrogen (secondary N) is 2. The number of benzene rings is 3. The quantitative estimate of drug-likeness (QED) is 0.295. The minimum absolute atomic E-state index is 0.454. The zero-order chi connectivity index (χ0) is 26.6. The first-order valence-electron chi connectivity index (χ1n) is 14.5. The summed E-state index contributed by atoms with van der Waals surface area (Å²) < 4.78 is 0. The van der Waals surface area contributed by atoms with Crippen molar-refractivity contribution < 1.29 is 9.90 Å². The summed E-state index contributed by atoms with van der Waals surface area (Å²) >= 11 is 0. The Morgan fingerprint density at radius 2 is 1.18 bits per heavy atom. The highest BCUT2D eigenvalue weighted by Crippen LogP contribution is 2.31. The van der Waals surface area contributed by atoms with Crippen LogP contribution < -0.4 is 10.6 Å². The Bertz CT molecular complexity index is 1070.